The molecule has 7 heteroatoms. The number of hydrogen-bond donors (Lipinski definition) is 1. The Hall–Kier alpha value is -2.41. The second-order valence-electron chi connectivity index (χ2n) is 4.48. The number of hydrogen-bond acceptors (Lipinski definition) is 6. The first-order chi connectivity index (χ1) is 9.70. The average Bonchev–Trinajstić information content (AvgIpc) is 3.14. The topological polar surface area (TPSA) is 90.1 Å². The molecular formula is C13H14N4O3. The highest BCUT2D eigenvalue weighted by atomic mass is 16.5. The first-order valence-corrected chi connectivity index (χ1v) is 6.19. The zero-order chi connectivity index (χ0) is 14.1. The molecule has 0 fully saturated rings. The molecule has 3 aromatic heterocycles. The van der Waals surface area contributed by atoms with Crippen LogP contribution in [0.2, 0.25) is 0 Å². The zero-order valence-corrected chi connectivity index (χ0v) is 11.2. The molecule has 0 unspecified atom stereocenters. The van der Waals surface area contributed by atoms with E-state index in [0.717, 1.165) is 17.0 Å². The lowest BCUT2D eigenvalue weighted by molar-refractivity contribution is 0.277. The van der Waals surface area contributed by atoms with Crippen molar-refractivity contribution in [3.05, 3.63) is 41.1 Å². The fourth-order valence-corrected chi connectivity index (χ4v) is 2.13. The summed E-state index contributed by atoms with van der Waals surface area (Å²) in [5, 5.41) is 21.4. The summed E-state index contributed by atoms with van der Waals surface area (Å²) >= 11 is 0. The lowest BCUT2D eigenvalue weighted by Gasteiger charge is -2.05. The SMILES string of the molecule is Cc1noc(C)c1Cn1nnc(CO)c1-c1ccco1. The summed E-state index contributed by atoms with van der Waals surface area (Å²) in [5.74, 6) is 1.36. The normalized spacial score (nSPS) is 11.2. The number of aliphatic hydroxyl groups excluding tert-OH is 1. The van der Waals surface area contributed by atoms with Crippen LogP contribution in [0.15, 0.2) is 27.3 Å². The molecule has 0 radical (unpaired) electrons. The molecule has 1 N–H and O–H groups in total. The molecule has 0 spiro atoms. The van der Waals surface area contributed by atoms with Crippen LogP contribution in [0.25, 0.3) is 11.5 Å². The van der Waals surface area contributed by atoms with Crippen LogP contribution < -0.4 is 0 Å². The number of furan rings is 1. The van der Waals surface area contributed by atoms with Crippen molar-refractivity contribution in [1.82, 2.24) is 20.2 Å². The minimum absolute atomic E-state index is 0.197. The van der Waals surface area contributed by atoms with E-state index in [2.05, 4.69) is 15.5 Å². The summed E-state index contributed by atoms with van der Waals surface area (Å²) in [6.07, 6.45) is 1.57. The standard InChI is InChI=1S/C13H14N4O3/c1-8-10(9(2)20-15-8)6-17-13(11(7-18)14-16-17)12-4-3-5-19-12/h3-5,18H,6-7H2,1-2H3. The van der Waals surface area contributed by atoms with Crippen molar-refractivity contribution in [2.24, 2.45) is 0 Å². The maximum atomic E-state index is 9.38. The summed E-state index contributed by atoms with van der Waals surface area (Å²) in [5.41, 5.74) is 2.91. The Labute approximate surface area is 114 Å². The van der Waals surface area contributed by atoms with Crippen molar-refractivity contribution >= 4 is 0 Å². The summed E-state index contributed by atoms with van der Waals surface area (Å²) in [4.78, 5) is 0. The largest absolute Gasteiger partial charge is 0.463 e. The molecule has 0 aromatic carbocycles. The Morgan fingerprint density at radius 2 is 2.20 bits per heavy atom. The monoisotopic (exact) mass is 274 g/mol. The van der Waals surface area contributed by atoms with Crippen molar-refractivity contribution in [3.63, 3.8) is 0 Å². The van der Waals surface area contributed by atoms with Gasteiger partial charge in [0.15, 0.2) is 5.76 Å². The van der Waals surface area contributed by atoms with Gasteiger partial charge in [0.1, 0.15) is 17.1 Å². The van der Waals surface area contributed by atoms with Crippen LogP contribution in [0, 0.1) is 13.8 Å². The Balaban J connectivity index is 2.05. The maximum Gasteiger partial charge on any atom is 0.153 e. The van der Waals surface area contributed by atoms with E-state index in [4.69, 9.17) is 8.94 Å². The second kappa shape index (κ2) is 4.93. The van der Waals surface area contributed by atoms with Gasteiger partial charge in [0.05, 0.1) is 25.1 Å². The highest BCUT2D eigenvalue weighted by Gasteiger charge is 2.19. The van der Waals surface area contributed by atoms with Crippen LogP contribution in [0.1, 0.15) is 22.7 Å². The van der Waals surface area contributed by atoms with E-state index in [-0.39, 0.29) is 6.61 Å². The highest BCUT2D eigenvalue weighted by Crippen LogP contribution is 2.24. The van der Waals surface area contributed by atoms with E-state index < -0.39 is 0 Å². The van der Waals surface area contributed by atoms with Crippen molar-refractivity contribution in [1.29, 1.82) is 0 Å². The van der Waals surface area contributed by atoms with E-state index in [1.807, 2.05) is 19.9 Å². The highest BCUT2D eigenvalue weighted by molar-refractivity contribution is 5.55. The van der Waals surface area contributed by atoms with Gasteiger partial charge in [-0.1, -0.05) is 10.4 Å². The molecule has 3 heterocycles. The molecule has 0 bridgehead atoms. The molecular weight excluding hydrogens is 260 g/mol. The summed E-state index contributed by atoms with van der Waals surface area (Å²) in [7, 11) is 0. The van der Waals surface area contributed by atoms with Crippen molar-refractivity contribution < 1.29 is 14.0 Å². The number of rotatable bonds is 4. The average molecular weight is 274 g/mol. The van der Waals surface area contributed by atoms with Crippen molar-refractivity contribution in [2.75, 3.05) is 0 Å². The second-order valence-corrected chi connectivity index (χ2v) is 4.48. The summed E-state index contributed by atoms with van der Waals surface area (Å²) in [6.45, 7) is 4.00. The lowest BCUT2D eigenvalue weighted by Crippen LogP contribution is -2.06. The predicted octanol–water partition coefficient (Wildman–Crippen LogP) is 1.68. The van der Waals surface area contributed by atoms with E-state index in [1.165, 1.54) is 0 Å². The fraction of sp³-hybridized carbons (Fsp3) is 0.308. The Morgan fingerprint density at radius 1 is 1.35 bits per heavy atom. The number of nitrogens with zero attached hydrogens (tertiary/aromatic N) is 4. The Kier molecular flexibility index (Phi) is 3.11. The third-order valence-electron chi connectivity index (χ3n) is 3.20. The van der Waals surface area contributed by atoms with E-state index in [1.54, 1.807) is 17.0 Å². The summed E-state index contributed by atoms with van der Waals surface area (Å²) in [6, 6.07) is 3.59. The van der Waals surface area contributed by atoms with Crippen LogP contribution in [0.4, 0.5) is 0 Å². The van der Waals surface area contributed by atoms with Gasteiger partial charge in [-0.25, -0.2) is 4.68 Å². The van der Waals surface area contributed by atoms with Crippen molar-refractivity contribution in [3.8, 4) is 11.5 Å². The van der Waals surface area contributed by atoms with Crippen molar-refractivity contribution in [2.45, 2.75) is 27.0 Å². The smallest absolute Gasteiger partial charge is 0.153 e. The number of aliphatic hydroxyl groups is 1. The van der Waals surface area contributed by atoms with Gasteiger partial charge >= 0.3 is 0 Å². The molecule has 0 aliphatic rings. The van der Waals surface area contributed by atoms with Gasteiger partial charge in [-0.3, -0.25) is 0 Å². The van der Waals surface area contributed by atoms with Gasteiger partial charge in [0.25, 0.3) is 0 Å². The van der Waals surface area contributed by atoms with Gasteiger partial charge < -0.3 is 14.0 Å². The van der Waals surface area contributed by atoms with Gasteiger partial charge in [0.2, 0.25) is 0 Å². The molecule has 0 saturated heterocycles. The number of aryl methyl sites for hydroxylation is 2. The molecule has 0 atom stereocenters. The van der Waals surface area contributed by atoms with Gasteiger partial charge in [0, 0.05) is 5.56 Å². The van der Waals surface area contributed by atoms with E-state index in [0.29, 0.717) is 23.7 Å². The third kappa shape index (κ3) is 2.01. The predicted molar refractivity (Wildman–Crippen MR) is 68.7 cm³/mol. The molecule has 20 heavy (non-hydrogen) atoms. The molecule has 3 aromatic rings. The third-order valence-corrected chi connectivity index (χ3v) is 3.20. The van der Waals surface area contributed by atoms with Gasteiger partial charge in [-0.2, -0.15) is 0 Å². The van der Waals surface area contributed by atoms with Crippen LogP contribution >= 0.6 is 0 Å². The first kappa shape index (κ1) is 12.6. The molecule has 0 saturated carbocycles. The fourth-order valence-electron chi connectivity index (χ4n) is 2.13. The maximum absolute atomic E-state index is 9.38. The lowest BCUT2D eigenvalue weighted by atomic mass is 10.2. The molecule has 7 nitrogen and oxygen atoms in total. The molecule has 3 rings (SSSR count). The van der Waals surface area contributed by atoms with E-state index >= 15 is 0 Å². The van der Waals surface area contributed by atoms with Crippen LogP contribution in [-0.4, -0.2) is 25.3 Å². The molecule has 0 amide bonds. The zero-order valence-electron chi connectivity index (χ0n) is 11.2. The minimum atomic E-state index is -0.197. The van der Waals surface area contributed by atoms with Crippen LogP contribution in [0.3, 0.4) is 0 Å². The van der Waals surface area contributed by atoms with E-state index in [9.17, 15) is 5.11 Å². The summed E-state index contributed by atoms with van der Waals surface area (Å²) < 4.78 is 12.2. The van der Waals surface area contributed by atoms with Gasteiger partial charge in [-0.15, -0.1) is 5.10 Å². The Bertz CT molecular complexity index is 693. The van der Waals surface area contributed by atoms with Crippen LogP contribution in [0.5, 0.6) is 0 Å². The first-order valence-electron chi connectivity index (χ1n) is 6.19. The molecule has 0 aliphatic heterocycles. The van der Waals surface area contributed by atoms with Crippen LogP contribution in [-0.2, 0) is 13.2 Å². The number of aromatic nitrogens is 4. The van der Waals surface area contributed by atoms with Gasteiger partial charge in [-0.05, 0) is 26.0 Å². The quantitative estimate of drug-likeness (QED) is 0.778. The minimum Gasteiger partial charge on any atom is -0.463 e. The Morgan fingerprint density at radius 3 is 2.80 bits per heavy atom. The molecule has 104 valence electrons. The molecule has 0 aliphatic carbocycles.